The molecule has 0 radical (unpaired) electrons. The van der Waals surface area contributed by atoms with Gasteiger partial charge in [-0.1, -0.05) is 6.07 Å². The number of alkyl halides is 3. The van der Waals surface area contributed by atoms with Gasteiger partial charge in [0.15, 0.2) is 0 Å². The Kier molecular flexibility index (Phi) is 4.33. The number of rotatable bonds is 2. The summed E-state index contributed by atoms with van der Waals surface area (Å²) >= 11 is 0. The molecule has 0 aliphatic carbocycles. The van der Waals surface area contributed by atoms with Gasteiger partial charge in [0.05, 0.1) is 12.5 Å². The number of nitrogens with two attached hydrogens (primary N) is 1. The molecule has 2 atom stereocenters. The van der Waals surface area contributed by atoms with Gasteiger partial charge in [0.2, 0.25) is 0 Å². The molecular weight excluding hydrogens is 329 g/mol. The highest BCUT2D eigenvalue weighted by molar-refractivity contribution is 5.25. The molecule has 2 heterocycles. The van der Waals surface area contributed by atoms with Gasteiger partial charge in [0, 0.05) is 29.9 Å². The number of hydrogen-bond donors (Lipinski definition) is 1. The van der Waals surface area contributed by atoms with E-state index in [2.05, 4.69) is 4.98 Å². The molecule has 0 fully saturated rings. The molecule has 0 amide bonds. The van der Waals surface area contributed by atoms with E-state index in [9.17, 15) is 22.0 Å². The molecule has 8 heteroatoms. The monoisotopic (exact) mass is 345 g/mol. The van der Waals surface area contributed by atoms with Crippen LogP contribution in [0.2, 0.25) is 0 Å². The van der Waals surface area contributed by atoms with E-state index in [1.54, 1.807) is 0 Å². The van der Waals surface area contributed by atoms with Crippen molar-refractivity contribution in [2.24, 2.45) is 5.73 Å². The summed E-state index contributed by atoms with van der Waals surface area (Å²) in [6.45, 7) is 0.0201. The molecule has 1 aliphatic heterocycles. The van der Waals surface area contributed by atoms with Crippen molar-refractivity contribution in [1.29, 1.82) is 0 Å². The lowest BCUT2D eigenvalue weighted by atomic mass is 9.92. The van der Waals surface area contributed by atoms with Crippen LogP contribution in [-0.4, -0.2) is 15.7 Å². The smallest absolute Gasteiger partial charge is 0.330 e. The first-order chi connectivity index (χ1) is 11.3. The van der Waals surface area contributed by atoms with Crippen LogP contribution < -0.4 is 5.73 Å². The van der Waals surface area contributed by atoms with Crippen LogP contribution in [-0.2, 0) is 13.0 Å². The standard InChI is InChI=1S/C16H16F5N3/c17-11-2-1-3-12(18)14(11)9-4-5-13(22)15-23-7-10(24(15)8-9)6-16(19,20)21/h1-3,7,9,13H,4-6,8,22H2. The van der Waals surface area contributed by atoms with Crippen molar-refractivity contribution >= 4 is 0 Å². The number of halogens is 5. The predicted molar refractivity (Wildman–Crippen MR) is 77.2 cm³/mol. The zero-order chi connectivity index (χ0) is 17.5. The summed E-state index contributed by atoms with van der Waals surface area (Å²) in [5.74, 6) is -1.67. The first-order valence-corrected chi connectivity index (χ1v) is 7.57. The lowest BCUT2D eigenvalue weighted by Crippen LogP contribution is -2.20. The second-order valence-electron chi connectivity index (χ2n) is 6.03. The first-order valence-electron chi connectivity index (χ1n) is 7.57. The van der Waals surface area contributed by atoms with Crippen molar-refractivity contribution in [2.45, 2.75) is 43.9 Å². The van der Waals surface area contributed by atoms with Gasteiger partial charge in [-0.25, -0.2) is 13.8 Å². The summed E-state index contributed by atoms with van der Waals surface area (Å²) in [6, 6.07) is 2.99. The molecule has 0 saturated carbocycles. The minimum absolute atomic E-state index is 0.0201. The number of nitrogens with zero attached hydrogens (tertiary/aromatic N) is 2. The largest absolute Gasteiger partial charge is 0.394 e. The van der Waals surface area contributed by atoms with Gasteiger partial charge in [-0.2, -0.15) is 13.2 Å². The Morgan fingerprint density at radius 3 is 2.46 bits per heavy atom. The van der Waals surface area contributed by atoms with Crippen molar-refractivity contribution in [3.05, 3.63) is 53.1 Å². The van der Waals surface area contributed by atoms with Crippen LogP contribution in [0.4, 0.5) is 22.0 Å². The molecule has 3 rings (SSSR count). The number of benzene rings is 1. The van der Waals surface area contributed by atoms with E-state index < -0.39 is 36.2 Å². The Morgan fingerprint density at radius 2 is 1.83 bits per heavy atom. The van der Waals surface area contributed by atoms with Crippen LogP contribution in [0.1, 0.15) is 41.9 Å². The van der Waals surface area contributed by atoms with E-state index in [4.69, 9.17) is 5.73 Å². The average molecular weight is 345 g/mol. The number of hydrogen-bond acceptors (Lipinski definition) is 2. The molecule has 130 valence electrons. The van der Waals surface area contributed by atoms with Crippen molar-refractivity contribution in [2.75, 3.05) is 0 Å². The van der Waals surface area contributed by atoms with Crippen LogP contribution in [0, 0.1) is 11.6 Å². The quantitative estimate of drug-likeness (QED) is 0.841. The molecule has 24 heavy (non-hydrogen) atoms. The third-order valence-electron chi connectivity index (χ3n) is 4.32. The van der Waals surface area contributed by atoms with Crippen molar-refractivity contribution in [3.63, 3.8) is 0 Å². The third-order valence-corrected chi connectivity index (χ3v) is 4.32. The van der Waals surface area contributed by atoms with Crippen molar-refractivity contribution in [1.82, 2.24) is 9.55 Å². The molecule has 3 nitrogen and oxygen atoms in total. The fourth-order valence-corrected chi connectivity index (χ4v) is 3.24. The Hall–Kier alpha value is -1.96. The van der Waals surface area contributed by atoms with Crippen LogP contribution in [0.5, 0.6) is 0 Å². The van der Waals surface area contributed by atoms with Crippen LogP contribution in [0.15, 0.2) is 24.4 Å². The molecule has 2 N–H and O–H groups in total. The Morgan fingerprint density at radius 1 is 1.17 bits per heavy atom. The molecule has 2 unspecified atom stereocenters. The van der Waals surface area contributed by atoms with Gasteiger partial charge >= 0.3 is 6.18 Å². The average Bonchev–Trinajstić information content (AvgIpc) is 2.76. The lowest BCUT2D eigenvalue weighted by molar-refractivity contribution is -0.128. The Bertz CT molecular complexity index is 718. The van der Waals surface area contributed by atoms with E-state index in [1.807, 2.05) is 0 Å². The zero-order valence-electron chi connectivity index (χ0n) is 12.7. The van der Waals surface area contributed by atoms with Gasteiger partial charge in [0.25, 0.3) is 0 Å². The summed E-state index contributed by atoms with van der Waals surface area (Å²) in [5.41, 5.74) is 5.84. The Labute approximate surface area is 135 Å². The molecule has 0 saturated heterocycles. The first kappa shape index (κ1) is 16.9. The second kappa shape index (κ2) is 6.16. The van der Waals surface area contributed by atoms with Crippen molar-refractivity contribution in [3.8, 4) is 0 Å². The van der Waals surface area contributed by atoms with Gasteiger partial charge in [-0.15, -0.1) is 0 Å². The predicted octanol–water partition coefficient (Wildman–Crippen LogP) is 3.84. The van der Waals surface area contributed by atoms with E-state index in [0.29, 0.717) is 18.7 Å². The molecule has 1 aliphatic rings. The summed E-state index contributed by atoms with van der Waals surface area (Å²) in [4.78, 5) is 4.01. The summed E-state index contributed by atoms with van der Waals surface area (Å²) in [5, 5.41) is 0. The van der Waals surface area contributed by atoms with Gasteiger partial charge in [-0.3, -0.25) is 0 Å². The van der Waals surface area contributed by atoms with E-state index in [0.717, 1.165) is 18.3 Å². The highest BCUT2D eigenvalue weighted by Crippen LogP contribution is 2.35. The Balaban J connectivity index is 2.00. The van der Waals surface area contributed by atoms with Gasteiger partial charge < -0.3 is 10.3 Å². The fraction of sp³-hybridized carbons (Fsp3) is 0.438. The molecule has 0 spiro atoms. The summed E-state index contributed by atoms with van der Waals surface area (Å²) < 4.78 is 67.7. The topological polar surface area (TPSA) is 43.8 Å². The molecule has 1 aromatic carbocycles. The van der Waals surface area contributed by atoms with E-state index in [1.165, 1.54) is 10.6 Å². The summed E-state index contributed by atoms with van der Waals surface area (Å²) in [6.07, 6.45) is -3.65. The zero-order valence-corrected chi connectivity index (χ0v) is 12.7. The van der Waals surface area contributed by atoms with Crippen molar-refractivity contribution < 1.29 is 22.0 Å². The molecule has 1 aromatic heterocycles. The van der Waals surface area contributed by atoms with E-state index >= 15 is 0 Å². The third kappa shape index (κ3) is 3.28. The van der Waals surface area contributed by atoms with Gasteiger partial charge in [0.1, 0.15) is 17.5 Å². The normalized spacial score (nSPS) is 21.4. The number of fused-ring (bicyclic) bond motifs is 1. The lowest BCUT2D eigenvalue weighted by Gasteiger charge is -2.19. The van der Waals surface area contributed by atoms with Crippen LogP contribution in [0.25, 0.3) is 0 Å². The fourth-order valence-electron chi connectivity index (χ4n) is 3.24. The molecular formula is C16H16F5N3. The maximum Gasteiger partial charge on any atom is 0.394 e. The molecule has 0 bridgehead atoms. The summed E-state index contributed by atoms with van der Waals surface area (Å²) in [7, 11) is 0. The maximum atomic E-state index is 14.1. The number of imidazole rings is 1. The highest BCUT2D eigenvalue weighted by Gasteiger charge is 2.33. The van der Waals surface area contributed by atoms with Crippen LogP contribution in [0.3, 0.4) is 0 Å². The second-order valence-corrected chi connectivity index (χ2v) is 6.03. The SMILES string of the molecule is NC1CCC(c2c(F)cccc2F)Cn2c(CC(F)(F)F)cnc21. The number of aromatic nitrogens is 2. The molecule has 2 aromatic rings. The minimum atomic E-state index is -4.40. The van der Waals surface area contributed by atoms with E-state index in [-0.39, 0.29) is 17.8 Å². The maximum absolute atomic E-state index is 14.1. The van der Waals surface area contributed by atoms with Crippen LogP contribution >= 0.6 is 0 Å². The van der Waals surface area contributed by atoms with Gasteiger partial charge in [-0.05, 0) is 25.0 Å². The minimum Gasteiger partial charge on any atom is -0.330 e. The highest BCUT2D eigenvalue weighted by atomic mass is 19.4.